The number of fused-ring (bicyclic) bond motifs is 1. The van der Waals surface area contributed by atoms with E-state index in [-0.39, 0.29) is 0 Å². The van der Waals surface area contributed by atoms with E-state index in [2.05, 4.69) is 15.3 Å². The molecule has 16 heavy (non-hydrogen) atoms. The lowest BCUT2D eigenvalue weighted by molar-refractivity contribution is 0.108. The van der Waals surface area contributed by atoms with Gasteiger partial charge >= 0.3 is 0 Å². The third kappa shape index (κ3) is 1.95. The van der Waals surface area contributed by atoms with Gasteiger partial charge in [0.25, 0.3) is 0 Å². The zero-order valence-corrected chi connectivity index (χ0v) is 9.41. The van der Waals surface area contributed by atoms with Gasteiger partial charge in [-0.05, 0) is 19.4 Å². The van der Waals surface area contributed by atoms with Gasteiger partial charge in [-0.1, -0.05) is 0 Å². The number of hydrogen-bond donors (Lipinski definition) is 1. The summed E-state index contributed by atoms with van der Waals surface area (Å²) in [5.41, 5.74) is 3.61. The van der Waals surface area contributed by atoms with Gasteiger partial charge in [-0.3, -0.25) is 0 Å². The molecule has 1 saturated heterocycles. The molecular weight excluding hydrogens is 202 g/mol. The molecule has 0 spiro atoms. The largest absolute Gasteiger partial charge is 0.376 e. The third-order valence-corrected chi connectivity index (χ3v) is 3.46. The van der Waals surface area contributed by atoms with E-state index in [9.17, 15) is 0 Å². The number of nitrogens with zero attached hydrogens (tertiary/aromatic N) is 2. The van der Waals surface area contributed by atoms with Crippen molar-refractivity contribution in [1.29, 1.82) is 0 Å². The molecule has 1 fully saturated rings. The maximum atomic E-state index is 5.50. The Morgan fingerprint density at radius 3 is 3.31 bits per heavy atom. The van der Waals surface area contributed by atoms with Crippen LogP contribution in [0.2, 0.25) is 0 Å². The van der Waals surface area contributed by atoms with Crippen LogP contribution in [-0.2, 0) is 24.2 Å². The Bertz CT molecular complexity index is 375. The van der Waals surface area contributed by atoms with Crippen molar-refractivity contribution in [3.8, 4) is 0 Å². The molecule has 1 aromatic heterocycles. The van der Waals surface area contributed by atoms with Gasteiger partial charge in [0.05, 0.1) is 24.6 Å². The van der Waals surface area contributed by atoms with E-state index in [4.69, 9.17) is 4.74 Å². The quantitative estimate of drug-likeness (QED) is 0.801. The predicted octanol–water partition coefficient (Wildman–Crippen LogP) is 0.844. The van der Waals surface area contributed by atoms with Crippen molar-refractivity contribution >= 4 is 0 Å². The van der Waals surface area contributed by atoms with Crippen molar-refractivity contribution in [3.63, 3.8) is 0 Å². The van der Waals surface area contributed by atoms with Gasteiger partial charge in [0.15, 0.2) is 0 Å². The monoisotopic (exact) mass is 219 g/mol. The lowest BCUT2D eigenvalue weighted by Gasteiger charge is -2.19. The molecule has 1 N–H and O–H groups in total. The van der Waals surface area contributed by atoms with Crippen molar-refractivity contribution in [2.75, 3.05) is 13.2 Å². The maximum absolute atomic E-state index is 5.50. The van der Waals surface area contributed by atoms with Gasteiger partial charge in [-0.15, -0.1) is 0 Å². The van der Waals surface area contributed by atoms with Crippen molar-refractivity contribution in [2.45, 2.75) is 38.3 Å². The van der Waals surface area contributed by atoms with E-state index < -0.39 is 0 Å². The number of ether oxygens (including phenoxy) is 1. The Balaban J connectivity index is 1.82. The van der Waals surface area contributed by atoms with E-state index in [0.29, 0.717) is 12.6 Å². The third-order valence-electron chi connectivity index (χ3n) is 3.46. The molecule has 0 saturated carbocycles. The van der Waals surface area contributed by atoms with Crippen LogP contribution < -0.4 is 5.32 Å². The number of nitrogens with one attached hydrogen (secondary N) is 1. The zero-order chi connectivity index (χ0) is 10.8. The summed E-state index contributed by atoms with van der Waals surface area (Å²) >= 11 is 0. The first-order valence-corrected chi connectivity index (χ1v) is 6.06. The highest BCUT2D eigenvalue weighted by atomic mass is 16.5. The van der Waals surface area contributed by atoms with Gasteiger partial charge < -0.3 is 10.1 Å². The van der Waals surface area contributed by atoms with Crippen LogP contribution in [0.4, 0.5) is 0 Å². The van der Waals surface area contributed by atoms with E-state index in [1.54, 1.807) is 6.33 Å². The van der Waals surface area contributed by atoms with E-state index >= 15 is 0 Å². The SMILES string of the molecule is c1nc2c(c(CC3CCCN3)n1)COCC2. The lowest BCUT2D eigenvalue weighted by atomic mass is 10.0. The van der Waals surface area contributed by atoms with Gasteiger partial charge in [0, 0.05) is 24.4 Å². The van der Waals surface area contributed by atoms with Crippen LogP contribution in [0, 0.1) is 0 Å². The summed E-state index contributed by atoms with van der Waals surface area (Å²) < 4.78 is 5.50. The van der Waals surface area contributed by atoms with Crippen molar-refractivity contribution in [3.05, 3.63) is 23.3 Å². The fraction of sp³-hybridized carbons (Fsp3) is 0.667. The molecule has 0 aliphatic carbocycles. The summed E-state index contributed by atoms with van der Waals surface area (Å²) in [4.78, 5) is 8.77. The fourth-order valence-electron chi connectivity index (χ4n) is 2.56. The molecule has 4 heteroatoms. The van der Waals surface area contributed by atoms with E-state index in [1.165, 1.54) is 29.8 Å². The molecule has 0 bridgehead atoms. The second-order valence-electron chi connectivity index (χ2n) is 4.55. The Labute approximate surface area is 95.4 Å². The summed E-state index contributed by atoms with van der Waals surface area (Å²) in [5.74, 6) is 0. The van der Waals surface area contributed by atoms with Gasteiger partial charge in [0.2, 0.25) is 0 Å². The van der Waals surface area contributed by atoms with Crippen LogP contribution in [0.15, 0.2) is 6.33 Å². The molecule has 4 nitrogen and oxygen atoms in total. The summed E-state index contributed by atoms with van der Waals surface area (Å²) in [7, 11) is 0. The summed E-state index contributed by atoms with van der Waals surface area (Å²) in [6.07, 6.45) is 6.21. The molecule has 0 radical (unpaired) electrons. The summed E-state index contributed by atoms with van der Waals surface area (Å²) in [5, 5.41) is 3.51. The summed E-state index contributed by atoms with van der Waals surface area (Å²) in [6, 6.07) is 0.598. The normalized spacial score (nSPS) is 24.4. The minimum Gasteiger partial charge on any atom is -0.376 e. The van der Waals surface area contributed by atoms with Crippen molar-refractivity contribution in [1.82, 2.24) is 15.3 Å². The standard InChI is InChI=1S/C12H17N3O/c1-2-9(13-4-1)6-12-10-7-16-5-3-11(10)14-8-15-12/h8-9,13H,1-7H2. The molecule has 2 aliphatic rings. The molecular formula is C12H17N3O. The molecule has 0 aromatic carbocycles. The topological polar surface area (TPSA) is 47.0 Å². The Morgan fingerprint density at radius 2 is 2.44 bits per heavy atom. The minimum atomic E-state index is 0.598. The Morgan fingerprint density at radius 1 is 1.44 bits per heavy atom. The summed E-state index contributed by atoms with van der Waals surface area (Å²) in [6.45, 7) is 2.64. The molecule has 86 valence electrons. The van der Waals surface area contributed by atoms with Crippen LogP contribution in [0.1, 0.15) is 29.8 Å². The number of aromatic nitrogens is 2. The van der Waals surface area contributed by atoms with Crippen LogP contribution >= 0.6 is 0 Å². The number of hydrogen-bond acceptors (Lipinski definition) is 4. The molecule has 0 amide bonds. The van der Waals surface area contributed by atoms with E-state index in [1.807, 2.05) is 0 Å². The Hall–Kier alpha value is -1.00. The molecule has 1 atom stereocenters. The molecule has 1 unspecified atom stereocenters. The van der Waals surface area contributed by atoms with Gasteiger partial charge in [0.1, 0.15) is 6.33 Å². The second-order valence-corrected chi connectivity index (χ2v) is 4.55. The van der Waals surface area contributed by atoms with Crippen LogP contribution in [-0.4, -0.2) is 29.2 Å². The minimum absolute atomic E-state index is 0.598. The van der Waals surface area contributed by atoms with Gasteiger partial charge in [-0.2, -0.15) is 0 Å². The van der Waals surface area contributed by atoms with Crippen LogP contribution in [0.5, 0.6) is 0 Å². The first-order chi connectivity index (χ1) is 7.93. The predicted molar refractivity (Wildman–Crippen MR) is 60.1 cm³/mol. The fourth-order valence-corrected chi connectivity index (χ4v) is 2.56. The maximum Gasteiger partial charge on any atom is 0.115 e. The zero-order valence-electron chi connectivity index (χ0n) is 9.41. The molecule has 1 aromatic rings. The van der Waals surface area contributed by atoms with Crippen molar-refractivity contribution < 1.29 is 4.74 Å². The van der Waals surface area contributed by atoms with Crippen LogP contribution in [0.3, 0.4) is 0 Å². The van der Waals surface area contributed by atoms with Crippen LogP contribution in [0.25, 0.3) is 0 Å². The Kier molecular flexibility index (Phi) is 2.84. The average molecular weight is 219 g/mol. The van der Waals surface area contributed by atoms with Gasteiger partial charge in [-0.25, -0.2) is 9.97 Å². The highest BCUT2D eigenvalue weighted by Crippen LogP contribution is 2.20. The molecule has 3 rings (SSSR count). The smallest absolute Gasteiger partial charge is 0.115 e. The molecule has 2 aliphatic heterocycles. The highest BCUT2D eigenvalue weighted by Gasteiger charge is 2.20. The first-order valence-electron chi connectivity index (χ1n) is 6.06. The second kappa shape index (κ2) is 4.47. The van der Waals surface area contributed by atoms with E-state index in [0.717, 1.165) is 26.0 Å². The van der Waals surface area contributed by atoms with Crippen molar-refractivity contribution in [2.24, 2.45) is 0 Å². The number of rotatable bonds is 2. The lowest BCUT2D eigenvalue weighted by Crippen LogP contribution is -2.26. The average Bonchev–Trinajstić information content (AvgIpc) is 2.82. The first kappa shape index (κ1) is 10.2. The highest BCUT2D eigenvalue weighted by molar-refractivity contribution is 5.26. The molecule has 3 heterocycles.